The van der Waals surface area contributed by atoms with Crippen LogP contribution in [-0.2, 0) is 0 Å². The predicted octanol–water partition coefficient (Wildman–Crippen LogP) is 4.63. The summed E-state index contributed by atoms with van der Waals surface area (Å²) < 4.78 is 4.97. The van der Waals surface area contributed by atoms with Gasteiger partial charge in [-0.3, -0.25) is 9.78 Å². The maximum absolute atomic E-state index is 12.1. The number of pyridine rings is 1. The van der Waals surface area contributed by atoms with Crippen LogP contribution in [0, 0.1) is 0 Å². The molecule has 4 rings (SSSR count). The second-order valence-corrected chi connectivity index (χ2v) is 7.13. The van der Waals surface area contributed by atoms with Gasteiger partial charge in [0.1, 0.15) is 6.26 Å². The number of carbonyl (C=O) groups excluding carboxylic acids is 1. The van der Waals surface area contributed by atoms with E-state index < -0.39 is 0 Å². The van der Waals surface area contributed by atoms with Crippen LogP contribution in [0.3, 0.4) is 0 Å². The van der Waals surface area contributed by atoms with Crippen molar-refractivity contribution in [1.29, 1.82) is 0 Å². The zero-order chi connectivity index (χ0) is 17.9. The van der Waals surface area contributed by atoms with Gasteiger partial charge in [0.25, 0.3) is 5.91 Å². The van der Waals surface area contributed by atoms with Crippen molar-refractivity contribution >= 4 is 34.1 Å². The predicted molar refractivity (Wildman–Crippen MR) is 103 cm³/mol. The number of anilines is 1. The molecule has 0 bridgehead atoms. The first-order chi connectivity index (χ1) is 12.7. The zero-order valence-electron chi connectivity index (χ0n) is 14.2. The number of halogens is 1. The molecular weight excluding hydrogens is 350 g/mol. The molecule has 1 fully saturated rings. The maximum atomic E-state index is 12.1. The highest BCUT2D eigenvalue weighted by atomic mass is 35.5. The molecule has 0 aliphatic heterocycles. The number of hydrogen-bond acceptors (Lipinski definition) is 4. The molecule has 134 valence electrons. The summed E-state index contributed by atoms with van der Waals surface area (Å²) in [4.78, 5) is 16.5. The summed E-state index contributed by atoms with van der Waals surface area (Å²) in [6, 6.07) is 10.1. The molecule has 6 heteroatoms. The number of amides is 1. The van der Waals surface area contributed by atoms with Crippen LogP contribution in [0.25, 0.3) is 10.9 Å². The van der Waals surface area contributed by atoms with Crippen molar-refractivity contribution < 1.29 is 9.21 Å². The third-order valence-electron chi connectivity index (χ3n) is 4.91. The molecule has 1 aliphatic carbocycles. The van der Waals surface area contributed by atoms with E-state index in [9.17, 15) is 4.79 Å². The maximum Gasteiger partial charge on any atom is 0.254 e. The van der Waals surface area contributed by atoms with Gasteiger partial charge < -0.3 is 15.1 Å². The van der Waals surface area contributed by atoms with Gasteiger partial charge in [-0.1, -0.05) is 11.6 Å². The van der Waals surface area contributed by atoms with Crippen LogP contribution >= 0.6 is 11.6 Å². The van der Waals surface area contributed by atoms with Crippen molar-refractivity contribution in [3.8, 4) is 0 Å². The summed E-state index contributed by atoms with van der Waals surface area (Å²) in [6.07, 6.45) is 8.72. The van der Waals surface area contributed by atoms with E-state index in [2.05, 4.69) is 15.6 Å². The number of carbonyl (C=O) groups is 1. The number of rotatable bonds is 4. The molecule has 1 aromatic carbocycles. The minimum Gasteiger partial charge on any atom is -0.472 e. The smallest absolute Gasteiger partial charge is 0.254 e. The SMILES string of the molecule is O=C(NC1CCC(Nc2ccnc3cc(Cl)ccc23)CC1)c1ccoc1. The number of aromatic nitrogens is 1. The fourth-order valence-corrected chi connectivity index (χ4v) is 3.68. The Morgan fingerprint density at radius 3 is 2.69 bits per heavy atom. The van der Waals surface area contributed by atoms with E-state index in [-0.39, 0.29) is 11.9 Å². The van der Waals surface area contributed by atoms with Gasteiger partial charge in [0.15, 0.2) is 0 Å². The lowest BCUT2D eigenvalue weighted by molar-refractivity contribution is 0.0926. The van der Waals surface area contributed by atoms with Gasteiger partial charge in [0.2, 0.25) is 0 Å². The summed E-state index contributed by atoms with van der Waals surface area (Å²) in [7, 11) is 0. The summed E-state index contributed by atoms with van der Waals surface area (Å²) in [6.45, 7) is 0. The van der Waals surface area contributed by atoms with Crippen molar-refractivity contribution in [2.45, 2.75) is 37.8 Å². The Morgan fingerprint density at radius 2 is 1.92 bits per heavy atom. The van der Waals surface area contributed by atoms with E-state index in [1.165, 1.54) is 12.5 Å². The fraction of sp³-hybridized carbons (Fsp3) is 0.300. The first kappa shape index (κ1) is 16.9. The molecule has 2 heterocycles. The molecule has 1 amide bonds. The van der Waals surface area contributed by atoms with Crippen LogP contribution in [0.1, 0.15) is 36.0 Å². The van der Waals surface area contributed by atoms with E-state index in [0.717, 1.165) is 42.3 Å². The number of hydrogen-bond donors (Lipinski definition) is 2. The van der Waals surface area contributed by atoms with E-state index in [4.69, 9.17) is 16.0 Å². The monoisotopic (exact) mass is 369 g/mol. The highest BCUT2D eigenvalue weighted by Crippen LogP contribution is 2.28. The Balaban J connectivity index is 1.36. The van der Waals surface area contributed by atoms with E-state index in [0.29, 0.717) is 16.6 Å². The third kappa shape index (κ3) is 3.68. The van der Waals surface area contributed by atoms with Crippen molar-refractivity contribution in [2.24, 2.45) is 0 Å². The molecule has 26 heavy (non-hydrogen) atoms. The number of furan rings is 1. The average molecular weight is 370 g/mol. The molecule has 2 N–H and O–H groups in total. The Bertz CT molecular complexity index is 903. The Hall–Kier alpha value is -2.53. The lowest BCUT2D eigenvalue weighted by Gasteiger charge is -2.30. The number of nitrogens with zero attached hydrogens (tertiary/aromatic N) is 1. The number of nitrogens with one attached hydrogen (secondary N) is 2. The van der Waals surface area contributed by atoms with Gasteiger partial charge >= 0.3 is 0 Å². The molecule has 3 aromatic rings. The van der Waals surface area contributed by atoms with Gasteiger partial charge in [0.05, 0.1) is 17.3 Å². The quantitative estimate of drug-likeness (QED) is 0.703. The van der Waals surface area contributed by atoms with Gasteiger partial charge in [-0.25, -0.2) is 0 Å². The van der Waals surface area contributed by atoms with Crippen LogP contribution in [0.15, 0.2) is 53.5 Å². The highest BCUT2D eigenvalue weighted by Gasteiger charge is 2.23. The Kier molecular flexibility index (Phi) is 4.80. The average Bonchev–Trinajstić information content (AvgIpc) is 3.18. The van der Waals surface area contributed by atoms with Crippen LogP contribution in [0.4, 0.5) is 5.69 Å². The lowest BCUT2D eigenvalue weighted by Crippen LogP contribution is -2.40. The minimum absolute atomic E-state index is 0.0628. The molecule has 0 spiro atoms. The first-order valence-electron chi connectivity index (χ1n) is 8.83. The van der Waals surface area contributed by atoms with E-state index >= 15 is 0 Å². The molecule has 1 saturated carbocycles. The normalized spacial score (nSPS) is 20.0. The fourth-order valence-electron chi connectivity index (χ4n) is 3.51. The lowest BCUT2D eigenvalue weighted by atomic mass is 9.90. The van der Waals surface area contributed by atoms with E-state index in [1.54, 1.807) is 12.3 Å². The Morgan fingerprint density at radius 1 is 1.12 bits per heavy atom. The topological polar surface area (TPSA) is 67.2 Å². The molecule has 1 aliphatic rings. The molecular formula is C20H20ClN3O2. The summed E-state index contributed by atoms with van der Waals surface area (Å²) in [5.41, 5.74) is 2.55. The van der Waals surface area contributed by atoms with Crippen LogP contribution < -0.4 is 10.6 Å². The number of fused-ring (bicyclic) bond motifs is 1. The van der Waals surface area contributed by atoms with Gasteiger partial charge in [-0.15, -0.1) is 0 Å². The summed E-state index contributed by atoms with van der Waals surface area (Å²) in [5.74, 6) is -0.0628. The summed E-state index contributed by atoms with van der Waals surface area (Å²) in [5, 5.41) is 8.49. The van der Waals surface area contributed by atoms with Gasteiger partial charge in [0, 0.05) is 34.4 Å². The minimum atomic E-state index is -0.0628. The molecule has 0 unspecified atom stereocenters. The van der Waals surface area contributed by atoms with Crippen LogP contribution in [-0.4, -0.2) is 23.0 Å². The van der Waals surface area contributed by atoms with Crippen LogP contribution in [0.5, 0.6) is 0 Å². The molecule has 0 radical (unpaired) electrons. The third-order valence-corrected chi connectivity index (χ3v) is 5.15. The van der Waals surface area contributed by atoms with Crippen molar-refractivity contribution in [2.75, 3.05) is 5.32 Å². The van der Waals surface area contributed by atoms with Gasteiger partial charge in [-0.2, -0.15) is 0 Å². The second kappa shape index (κ2) is 7.38. The zero-order valence-corrected chi connectivity index (χ0v) is 15.0. The van der Waals surface area contributed by atoms with Gasteiger partial charge in [-0.05, 0) is 56.0 Å². The van der Waals surface area contributed by atoms with Crippen molar-refractivity contribution in [3.05, 3.63) is 59.6 Å². The van der Waals surface area contributed by atoms with E-state index in [1.807, 2.05) is 24.3 Å². The standard InChI is InChI=1S/C20H20ClN3O2/c21-14-1-6-17-18(7-9-22-19(17)11-14)23-15-2-4-16(5-3-15)24-20(25)13-8-10-26-12-13/h1,6-12,15-16H,2-5H2,(H,22,23)(H,24,25). The van der Waals surface area contributed by atoms with Crippen LogP contribution in [0.2, 0.25) is 5.02 Å². The largest absolute Gasteiger partial charge is 0.472 e. The number of benzene rings is 1. The molecule has 0 saturated heterocycles. The first-order valence-corrected chi connectivity index (χ1v) is 9.21. The second-order valence-electron chi connectivity index (χ2n) is 6.70. The Labute approximate surface area is 156 Å². The highest BCUT2D eigenvalue weighted by molar-refractivity contribution is 6.31. The van der Waals surface area contributed by atoms with Crippen molar-refractivity contribution in [3.63, 3.8) is 0 Å². The summed E-state index contributed by atoms with van der Waals surface area (Å²) >= 11 is 6.06. The molecule has 0 atom stereocenters. The molecule has 2 aromatic heterocycles. The van der Waals surface area contributed by atoms with Crippen molar-refractivity contribution in [1.82, 2.24) is 10.3 Å². The molecule has 5 nitrogen and oxygen atoms in total.